The molecule has 0 aliphatic carbocycles. The fourth-order valence-corrected chi connectivity index (χ4v) is 1.60. The van der Waals surface area contributed by atoms with Gasteiger partial charge in [-0.25, -0.2) is 4.98 Å². The van der Waals surface area contributed by atoms with Crippen molar-refractivity contribution in [3.8, 4) is 0 Å². The molecule has 0 bridgehead atoms. The predicted octanol–water partition coefficient (Wildman–Crippen LogP) is 1.53. The van der Waals surface area contributed by atoms with E-state index in [1.54, 1.807) is 0 Å². The molecule has 1 aliphatic rings. The van der Waals surface area contributed by atoms with Crippen LogP contribution in [0.3, 0.4) is 0 Å². The molecule has 54 valence electrons. The van der Waals surface area contributed by atoms with E-state index in [0.717, 1.165) is 0 Å². The topological polar surface area (TPSA) is 17.8 Å². The highest BCUT2D eigenvalue weighted by atomic mass is 15.1. The van der Waals surface area contributed by atoms with Crippen LogP contribution in [-0.2, 0) is 13.0 Å². The summed E-state index contributed by atoms with van der Waals surface area (Å²) >= 11 is 0. The average Bonchev–Trinajstić information content (AvgIpc) is 2.34. The van der Waals surface area contributed by atoms with Crippen molar-refractivity contribution in [3.05, 3.63) is 17.7 Å². The standard InChI is InChI=1S/C8H12N2/c1-7-9-6-8-4-2-3-5-10(7)8/h6H,2-5H2,1H3. The Morgan fingerprint density at radius 1 is 1.50 bits per heavy atom. The van der Waals surface area contributed by atoms with E-state index in [0.29, 0.717) is 0 Å². The number of rotatable bonds is 0. The van der Waals surface area contributed by atoms with Crippen molar-refractivity contribution in [1.29, 1.82) is 0 Å². The quantitative estimate of drug-likeness (QED) is 0.529. The molecule has 1 aliphatic heterocycles. The van der Waals surface area contributed by atoms with Crippen LogP contribution >= 0.6 is 0 Å². The van der Waals surface area contributed by atoms with Crippen LogP contribution in [0.2, 0.25) is 0 Å². The maximum Gasteiger partial charge on any atom is 0.105 e. The summed E-state index contributed by atoms with van der Waals surface area (Å²) in [5.74, 6) is 1.18. The highest BCUT2D eigenvalue weighted by Crippen LogP contribution is 2.15. The number of imidazole rings is 1. The molecule has 0 aromatic carbocycles. The smallest absolute Gasteiger partial charge is 0.105 e. The van der Waals surface area contributed by atoms with Crippen molar-refractivity contribution in [3.63, 3.8) is 0 Å². The summed E-state index contributed by atoms with van der Waals surface area (Å²) in [6.45, 7) is 3.26. The third-order valence-corrected chi connectivity index (χ3v) is 2.20. The van der Waals surface area contributed by atoms with Crippen LogP contribution < -0.4 is 0 Å². The number of aromatic nitrogens is 2. The van der Waals surface area contributed by atoms with Crippen LogP contribution in [0.4, 0.5) is 0 Å². The van der Waals surface area contributed by atoms with E-state index in [-0.39, 0.29) is 0 Å². The third-order valence-electron chi connectivity index (χ3n) is 2.20. The summed E-state index contributed by atoms with van der Waals surface area (Å²) in [6.07, 6.45) is 5.89. The second kappa shape index (κ2) is 2.11. The van der Waals surface area contributed by atoms with E-state index >= 15 is 0 Å². The Bertz CT molecular complexity index is 237. The van der Waals surface area contributed by atoms with E-state index < -0.39 is 0 Å². The molecule has 0 amide bonds. The summed E-state index contributed by atoms with van der Waals surface area (Å²) in [5.41, 5.74) is 1.42. The zero-order chi connectivity index (χ0) is 6.97. The van der Waals surface area contributed by atoms with Gasteiger partial charge in [0.2, 0.25) is 0 Å². The van der Waals surface area contributed by atoms with Crippen LogP contribution in [0.25, 0.3) is 0 Å². The minimum atomic E-state index is 1.18. The van der Waals surface area contributed by atoms with Crippen LogP contribution in [0.15, 0.2) is 6.20 Å². The maximum atomic E-state index is 4.26. The predicted molar refractivity (Wildman–Crippen MR) is 39.9 cm³/mol. The average molecular weight is 136 g/mol. The number of hydrogen-bond donors (Lipinski definition) is 0. The monoisotopic (exact) mass is 136 g/mol. The molecule has 2 heteroatoms. The maximum absolute atomic E-state index is 4.26. The Morgan fingerprint density at radius 2 is 2.40 bits per heavy atom. The molecule has 2 nitrogen and oxygen atoms in total. The highest BCUT2D eigenvalue weighted by Gasteiger charge is 2.09. The van der Waals surface area contributed by atoms with Gasteiger partial charge in [-0.05, 0) is 26.2 Å². The fourth-order valence-electron chi connectivity index (χ4n) is 1.60. The van der Waals surface area contributed by atoms with Crippen molar-refractivity contribution >= 4 is 0 Å². The summed E-state index contributed by atoms with van der Waals surface area (Å²) in [5, 5.41) is 0. The molecule has 2 rings (SSSR count). The molecule has 0 saturated carbocycles. The first-order chi connectivity index (χ1) is 4.88. The lowest BCUT2D eigenvalue weighted by molar-refractivity contribution is 0.522. The second-order valence-corrected chi connectivity index (χ2v) is 2.91. The first kappa shape index (κ1) is 5.96. The Labute approximate surface area is 60.9 Å². The minimum Gasteiger partial charge on any atom is -0.332 e. The summed E-state index contributed by atoms with van der Waals surface area (Å²) in [4.78, 5) is 4.26. The zero-order valence-electron chi connectivity index (χ0n) is 6.30. The number of fused-ring (bicyclic) bond motifs is 1. The van der Waals surface area contributed by atoms with E-state index in [1.807, 2.05) is 6.20 Å². The van der Waals surface area contributed by atoms with Crippen LogP contribution in [0.5, 0.6) is 0 Å². The Balaban J connectivity index is 2.45. The normalized spacial score (nSPS) is 16.9. The van der Waals surface area contributed by atoms with Gasteiger partial charge in [0.1, 0.15) is 5.82 Å². The molecule has 2 heterocycles. The van der Waals surface area contributed by atoms with Crippen molar-refractivity contribution in [2.75, 3.05) is 0 Å². The first-order valence-corrected chi connectivity index (χ1v) is 3.89. The molecule has 1 aromatic rings. The van der Waals surface area contributed by atoms with Gasteiger partial charge in [-0.15, -0.1) is 0 Å². The van der Waals surface area contributed by atoms with Crippen molar-refractivity contribution in [2.45, 2.75) is 32.7 Å². The largest absolute Gasteiger partial charge is 0.332 e. The van der Waals surface area contributed by atoms with Gasteiger partial charge >= 0.3 is 0 Å². The number of aryl methyl sites for hydroxylation is 2. The van der Waals surface area contributed by atoms with Crippen molar-refractivity contribution in [1.82, 2.24) is 9.55 Å². The van der Waals surface area contributed by atoms with Gasteiger partial charge in [0.15, 0.2) is 0 Å². The fraction of sp³-hybridized carbons (Fsp3) is 0.625. The van der Waals surface area contributed by atoms with Crippen molar-refractivity contribution < 1.29 is 0 Å². The van der Waals surface area contributed by atoms with Crippen LogP contribution in [0.1, 0.15) is 24.4 Å². The van der Waals surface area contributed by atoms with Gasteiger partial charge in [0.05, 0.1) is 0 Å². The molecular weight excluding hydrogens is 124 g/mol. The third kappa shape index (κ3) is 0.753. The van der Waals surface area contributed by atoms with Gasteiger partial charge < -0.3 is 4.57 Å². The zero-order valence-corrected chi connectivity index (χ0v) is 6.30. The molecule has 0 spiro atoms. The Morgan fingerprint density at radius 3 is 3.20 bits per heavy atom. The molecule has 0 unspecified atom stereocenters. The van der Waals surface area contributed by atoms with Gasteiger partial charge in [0, 0.05) is 18.4 Å². The lowest BCUT2D eigenvalue weighted by Gasteiger charge is -2.14. The Kier molecular flexibility index (Phi) is 1.26. The summed E-state index contributed by atoms with van der Waals surface area (Å²) in [6, 6.07) is 0. The summed E-state index contributed by atoms with van der Waals surface area (Å²) < 4.78 is 2.32. The van der Waals surface area contributed by atoms with Gasteiger partial charge in [-0.1, -0.05) is 0 Å². The molecule has 0 radical (unpaired) electrons. The van der Waals surface area contributed by atoms with Gasteiger partial charge in [-0.3, -0.25) is 0 Å². The van der Waals surface area contributed by atoms with E-state index in [9.17, 15) is 0 Å². The lowest BCUT2D eigenvalue weighted by atomic mass is 10.1. The van der Waals surface area contributed by atoms with E-state index in [4.69, 9.17) is 0 Å². The van der Waals surface area contributed by atoms with Crippen LogP contribution in [0, 0.1) is 6.92 Å². The minimum absolute atomic E-state index is 1.18. The SMILES string of the molecule is Cc1ncc2n1CCCC2. The van der Waals surface area contributed by atoms with E-state index in [1.165, 1.54) is 37.3 Å². The lowest BCUT2D eigenvalue weighted by Crippen LogP contribution is -2.10. The number of nitrogens with zero attached hydrogens (tertiary/aromatic N) is 2. The summed E-state index contributed by atoms with van der Waals surface area (Å²) in [7, 11) is 0. The van der Waals surface area contributed by atoms with Crippen molar-refractivity contribution in [2.24, 2.45) is 0 Å². The second-order valence-electron chi connectivity index (χ2n) is 2.91. The van der Waals surface area contributed by atoms with E-state index in [2.05, 4.69) is 16.5 Å². The molecule has 10 heavy (non-hydrogen) atoms. The Hall–Kier alpha value is -0.790. The molecule has 0 saturated heterocycles. The highest BCUT2D eigenvalue weighted by molar-refractivity contribution is 5.06. The molecule has 1 aromatic heterocycles. The molecule has 0 atom stereocenters. The molecule has 0 N–H and O–H groups in total. The molecular formula is C8H12N2. The van der Waals surface area contributed by atoms with Gasteiger partial charge in [0.25, 0.3) is 0 Å². The van der Waals surface area contributed by atoms with Crippen LogP contribution in [-0.4, -0.2) is 9.55 Å². The number of hydrogen-bond acceptors (Lipinski definition) is 1. The first-order valence-electron chi connectivity index (χ1n) is 3.89. The van der Waals surface area contributed by atoms with Gasteiger partial charge in [-0.2, -0.15) is 0 Å². The molecule has 0 fully saturated rings.